The van der Waals surface area contributed by atoms with E-state index in [2.05, 4.69) is 9.72 Å². The van der Waals surface area contributed by atoms with Gasteiger partial charge in [0.25, 0.3) is 0 Å². The molecular weight excluding hydrogens is 367 g/mol. The van der Waals surface area contributed by atoms with Crippen LogP contribution in [0.1, 0.15) is 11.3 Å². The van der Waals surface area contributed by atoms with Crippen LogP contribution in [-0.2, 0) is 6.18 Å². The molecule has 17 heavy (non-hydrogen) atoms. The summed E-state index contributed by atoms with van der Waals surface area (Å²) in [5.74, 6) is -0.875. The largest absolute Gasteiger partial charge is 0.573 e. The fourth-order valence-electron chi connectivity index (χ4n) is 0.996. The molecule has 1 aromatic heterocycles. The van der Waals surface area contributed by atoms with Crippen LogP contribution in [0.3, 0.4) is 0 Å². The second kappa shape index (κ2) is 4.50. The van der Waals surface area contributed by atoms with Crippen LogP contribution in [-0.4, -0.2) is 11.3 Å². The lowest BCUT2D eigenvalue weighted by Gasteiger charge is -2.16. The molecule has 0 aliphatic rings. The Labute approximate surface area is 105 Å². The fraction of sp³-hybridized carbons (Fsp3) is 0.375. The van der Waals surface area contributed by atoms with Crippen molar-refractivity contribution in [3.63, 3.8) is 0 Å². The number of pyridine rings is 1. The smallest absolute Gasteiger partial charge is 0.404 e. The summed E-state index contributed by atoms with van der Waals surface area (Å²) in [6, 6.07) is 0. The number of rotatable bonds is 1. The number of aromatic nitrogens is 1. The van der Waals surface area contributed by atoms with Gasteiger partial charge in [-0.15, -0.1) is 13.2 Å². The lowest BCUT2D eigenvalue weighted by molar-refractivity contribution is -0.275. The number of aryl methyl sites for hydroxylation is 1. The van der Waals surface area contributed by atoms with Crippen molar-refractivity contribution in [3.05, 3.63) is 21.0 Å². The van der Waals surface area contributed by atoms with Gasteiger partial charge in [0.05, 0.1) is 3.57 Å². The third kappa shape index (κ3) is 3.61. The SMILES string of the molecule is Cc1cnc(C(F)(F)F)c(I)c1OC(F)(F)F. The molecule has 0 spiro atoms. The summed E-state index contributed by atoms with van der Waals surface area (Å²) in [4.78, 5) is 3.06. The Morgan fingerprint density at radius 1 is 1.18 bits per heavy atom. The maximum Gasteiger partial charge on any atom is 0.573 e. The average Bonchev–Trinajstić information content (AvgIpc) is 2.08. The topological polar surface area (TPSA) is 22.1 Å². The molecule has 0 unspecified atom stereocenters. The summed E-state index contributed by atoms with van der Waals surface area (Å²) in [7, 11) is 0. The van der Waals surface area contributed by atoms with Crippen molar-refractivity contribution >= 4 is 22.6 Å². The Hall–Kier alpha value is -0.740. The molecule has 0 bridgehead atoms. The van der Waals surface area contributed by atoms with Crippen molar-refractivity contribution < 1.29 is 31.1 Å². The van der Waals surface area contributed by atoms with E-state index in [0.717, 1.165) is 22.6 Å². The van der Waals surface area contributed by atoms with E-state index in [1.807, 2.05) is 0 Å². The molecule has 9 heteroatoms. The zero-order chi connectivity index (χ0) is 13.4. The van der Waals surface area contributed by atoms with E-state index in [4.69, 9.17) is 0 Å². The number of hydrogen-bond acceptors (Lipinski definition) is 2. The minimum Gasteiger partial charge on any atom is -0.404 e. The van der Waals surface area contributed by atoms with Crippen LogP contribution < -0.4 is 4.74 Å². The van der Waals surface area contributed by atoms with Gasteiger partial charge in [0, 0.05) is 11.8 Å². The Morgan fingerprint density at radius 2 is 1.71 bits per heavy atom. The van der Waals surface area contributed by atoms with Gasteiger partial charge in [-0.2, -0.15) is 13.2 Å². The molecule has 0 saturated carbocycles. The molecule has 1 rings (SSSR count). The summed E-state index contributed by atoms with van der Waals surface area (Å²) in [5, 5.41) is 0. The standard InChI is InChI=1S/C8H4F6INO/c1-3-2-16-6(7(9,10)11)4(15)5(3)17-8(12,13)14/h2H,1H3. The van der Waals surface area contributed by atoms with Crippen molar-refractivity contribution in [1.82, 2.24) is 4.98 Å². The van der Waals surface area contributed by atoms with E-state index in [9.17, 15) is 26.3 Å². The van der Waals surface area contributed by atoms with E-state index < -0.39 is 27.6 Å². The highest BCUT2D eigenvalue weighted by molar-refractivity contribution is 14.1. The zero-order valence-electron chi connectivity index (χ0n) is 8.08. The van der Waals surface area contributed by atoms with E-state index in [1.165, 1.54) is 6.92 Å². The molecule has 0 aliphatic carbocycles. The molecule has 1 aromatic rings. The van der Waals surface area contributed by atoms with Crippen LogP contribution in [0.25, 0.3) is 0 Å². The molecule has 1 heterocycles. The molecule has 0 saturated heterocycles. The molecule has 96 valence electrons. The quantitative estimate of drug-likeness (QED) is 0.552. The van der Waals surface area contributed by atoms with Gasteiger partial charge in [0.2, 0.25) is 0 Å². The Balaban J connectivity index is 3.31. The summed E-state index contributed by atoms with van der Waals surface area (Å²) >= 11 is 1.12. The van der Waals surface area contributed by atoms with Crippen molar-refractivity contribution in [2.45, 2.75) is 19.5 Å². The van der Waals surface area contributed by atoms with Crippen LogP contribution in [0.15, 0.2) is 6.20 Å². The van der Waals surface area contributed by atoms with Crippen molar-refractivity contribution in [2.24, 2.45) is 0 Å². The van der Waals surface area contributed by atoms with Crippen LogP contribution in [0, 0.1) is 10.5 Å². The van der Waals surface area contributed by atoms with Gasteiger partial charge in [0.15, 0.2) is 5.69 Å². The molecule has 0 N–H and O–H groups in total. The number of hydrogen-bond donors (Lipinski definition) is 0. The van der Waals surface area contributed by atoms with Crippen LogP contribution in [0.2, 0.25) is 0 Å². The number of halogens is 7. The molecule has 0 radical (unpaired) electrons. The maximum atomic E-state index is 12.4. The number of ether oxygens (including phenoxy) is 1. The van der Waals surface area contributed by atoms with Gasteiger partial charge in [-0.1, -0.05) is 0 Å². The monoisotopic (exact) mass is 371 g/mol. The minimum atomic E-state index is -5.05. The first kappa shape index (κ1) is 14.3. The van der Waals surface area contributed by atoms with Crippen LogP contribution in [0.5, 0.6) is 5.75 Å². The summed E-state index contributed by atoms with van der Waals surface area (Å²) in [6.45, 7) is 1.18. The Bertz CT molecular complexity index is 427. The Morgan fingerprint density at radius 3 is 2.12 bits per heavy atom. The third-order valence-electron chi connectivity index (χ3n) is 1.64. The first-order valence-electron chi connectivity index (χ1n) is 4.00. The molecule has 2 nitrogen and oxygen atoms in total. The van der Waals surface area contributed by atoms with Crippen molar-refractivity contribution in [2.75, 3.05) is 0 Å². The maximum absolute atomic E-state index is 12.4. The third-order valence-corrected chi connectivity index (χ3v) is 2.64. The van der Waals surface area contributed by atoms with Gasteiger partial charge in [0.1, 0.15) is 5.75 Å². The normalized spacial score (nSPS) is 12.7. The average molecular weight is 371 g/mol. The van der Waals surface area contributed by atoms with E-state index in [-0.39, 0.29) is 5.56 Å². The highest BCUT2D eigenvalue weighted by Gasteiger charge is 2.39. The number of alkyl halides is 6. The first-order chi connectivity index (χ1) is 7.52. The lowest BCUT2D eigenvalue weighted by atomic mass is 10.2. The minimum absolute atomic E-state index is 0.125. The molecular formula is C8H4F6INO. The van der Waals surface area contributed by atoms with E-state index in [0.29, 0.717) is 6.20 Å². The molecule has 0 fully saturated rings. The first-order valence-corrected chi connectivity index (χ1v) is 5.08. The van der Waals surface area contributed by atoms with Crippen LogP contribution >= 0.6 is 22.6 Å². The van der Waals surface area contributed by atoms with Gasteiger partial charge >= 0.3 is 12.5 Å². The van der Waals surface area contributed by atoms with Crippen molar-refractivity contribution in [1.29, 1.82) is 0 Å². The molecule has 0 amide bonds. The lowest BCUT2D eigenvalue weighted by Crippen LogP contribution is -2.20. The summed E-state index contributed by atoms with van der Waals surface area (Å²) in [6.07, 6.45) is -9.19. The van der Waals surface area contributed by atoms with Crippen molar-refractivity contribution in [3.8, 4) is 5.75 Å². The summed E-state index contributed by atoms with van der Waals surface area (Å²) < 4.78 is 76.0. The predicted molar refractivity (Wildman–Crippen MR) is 53.4 cm³/mol. The highest BCUT2D eigenvalue weighted by Crippen LogP contribution is 2.38. The Kier molecular flexibility index (Phi) is 3.79. The zero-order valence-corrected chi connectivity index (χ0v) is 10.2. The van der Waals surface area contributed by atoms with Gasteiger partial charge in [-0.3, -0.25) is 4.98 Å². The van der Waals surface area contributed by atoms with Crippen LogP contribution in [0.4, 0.5) is 26.3 Å². The van der Waals surface area contributed by atoms with E-state index in [1.54, 1.807) is 0 Å². The fourth-order valence-corrected chi connectivity index (χ4v) is 1.98. The predicted octanol–water partition coefficient (Wildman–Crippen LogP) is 3.91. The highest BCUT2D eigenvalue weighted by atomic mass is 127. The second-order valence-electron chi connectivity index (χ2n) is 2.98. The van der Waals surface area contributed by atoms with Gasteiger partial charge < -0.3 is 4.74 Å². The molecule has 0 atom stereocenters. The molecule has 0 aromatic carbocycles. The van der Waals surface area contributed by atoms with Gasteiger partial charge in [-0.25, -0.2) is 0 Å². The van der Waals surface area contributed by atoms with Gasteiger partial charge in [-0.05, 0) is 29.5 Å². The second-order valence-corrected chi connectivity index (χ2v) is 4.06. The molecule has 0 aliphatic heterocycles. The summed E-state index contributed by atoms with van der Waals surface area (Å²) in [5.41, 5.74) is -1.53. The van der Waals surface area contributed by atoms with E-state index >= 15 is 0 Å². The number of nitrogens with zero attached hydrogens (tertiary/aromatic N) is 1.